The Hall–Kier alpha value is -3.30. The summed E-state index contributed by atoms with van der Waals surface area (Å²) in [6.45, 7) is 11.4. The lowest BCUT2D eigenvalue weighted by atomic mass is 9.95. The van der Waals surface area contributed by atoms with E-state index in [1.165, 1.54) is 25.7 Å². The van der Waals surface area contributed by atoms with Crippen LogP contribution >= 0.6 is 11.6 Å². The number of anilines is 2. The highest BCUT2D eigenvalue weighted by Gasteiger charge is 2.45. The van der Waals surface area contributed by atoms with Gasteiger partial charge in [0.05, 0.1) is 22.8 Å². The van der Waals surface area contributed by atoms with E-state index in [0.717, 1.165) is 71.0 Å². The lowest BCUT2D eigenvalue weighted by molar-refractivity contribution is 0.0292. The zero-order valence-electron chi connectivity index (χ0n) is 27.0. The number of benzene rings is 2. The van der Waals surface area contributed by atoms with Gasteiger partial charge in [-0.25, -0.2) is 4.79 Å². The molecule has 1 aromatic heterocycles. The third-order valence-electron chi connectivity index (χ3n) is 10.2. The van der Waals surface area contributed by atoms with Crippen molar-refractivity contribution in [1.29, 1.82) is 0 Å². The standard InChI is InChI=1S/C35H45ClN6O3/c1-34(2,3)45-33(43)41-19-13-25(21-41)39(4)31-26-14-20-40(29-12-6-10-24-9-5-11-27(36)30(24)29)22-28(26)37-32(38-31)44-23-35-15-7-17-42(35)18-8-16-35/h5-6,9-12,25H,7-8,13-23H2,1-4H3/t25-/m1/s1. The van der Waals surface area contributed by atoms with E-state index in [1.54, 1.807) is 0 Å². The summed E-state index contributed by atoms with van der Waals surface area (Å²) < 4.78 is 12.2. The van der Waals surface area contributed by atoms with Crippen molar-refractivity contribution in [3.8, 4) is 6.01 Å². The second kappa shape index (κ2) is 11.8. The minimum absolute atomic E-state index is 0.108. The lowest BCUT2D eigenvalue weighted by Gasteiger charge is -2.35. The van der Waals surface area contributed by atoms with E-state index in [1.807, 2.05) is 37.8 Å². The first-order chi connectivity index (χ1) is 21.6. The number of rotatable bonds is 6. The number of carbonyl (C=O) groups is 1. The van der Waals surface area contributed by atoms with Crippen LogP contribution in [0.1, 0.15) is 64.1 Å². The van der Waals surface area contributed by atoms with Gasteiger partial charge in [0.15, 0.2) is 0 Å². The van der Waals surface area contributed by atoms with Crippen molar-refractivity contribution >= 4 is 40.0 Å². The maximum absolute atomic E-state index is 12.9. The molecule has 9 nitrogen and oxygen atoms in total. The number of carbonyl (C=O) groups excluding carboxylic acids is 1. The maximum atomic E-state index is 12.9. The molecule has 0 radical (unpaired) electrons. The zero-order chi connectivity index (χ0) is 31.3. The van der Waals surface area contributed by atoms with Gasteiger partial charge in [0.25, 0.3) is 0 Å². The molecule has 0 spiro atoms. The second-order valence-electron chi connectivity index (χ2n) is 14.2. The molecule has 4 aliphatic heterocycles. The Labute approximate surface area is 271 Å². The molecule has 0 aliphatic carbocycles. The first-order valence-electron chi connectivity index (χ1n) is 16.5. The van der Waals surface area contributed by atoms with Crippen molar-refractivity contribution in [2.24, 2.45) is 0 Å². The van der Waals surface area contributed by atoms with Gasteiger partial charge < -0.3 is 24.2 Å². The van der Waals surface area contributed by atoms with Gasteiger partial charge in [0, 0.05) is 49.4 Å². The normalized spacial score (nSPS) is 21.2. The summed E-state index contributed by atoms with van der Waals surface area (Å²) in [6, 6.07) is 13.0. The van der Waals surface area contributed by atoms with Crippen LogP contribution < -0.4 is 14.5 Å². The average Bonchev–Trinajstić information content (AvgIpc) is 3.75. The van der Waals surface area contributed by atoms with E-state index in [0.29, 0.717) is 32.3 Å². The number of hydrogen-bond acceptors (Lipinski definition) is 8. The lowest BCUT2D eigenvalue weighted by Crippen LogP contribution is -2.44. The summed E-state index contributed by atoms with van der Waals surface area (Å²) in [6.07, 6.45) is 6.18. The SMILES string of the molecule is CN(c1nc(OCC23CCCN2CCC3)nc2c1CCN(c1cccc3cccc(Cl)c13)C2)[C@@H]1CCN(C(=O)OC(C)(C)C)C1. The number of likely N-dealkylation sites (N-methyl/N-ethyl adjacent to an activating group) is 1. The zero-order valence-corrected chi connectivity index (χ0v) is 27.8. The van der Waals surface area contributed by atoms with Gasteiger partial charge in [-0.05, 0) is 89.9 Å². The molecule has 3 saturated heterocycles. The van der Waals surface area contributed by atoms with Crippen molar-refractivity contribution in [3.63, 3.8) is 0 Å². The minimum Gasteiger partial charge on any atom is -0.461 e. The van der Waals surface area contributed by atoms with Crippen LogP contribution in [0.2, 0.25) is 5.02 Å². The fourth-order valence-corrected chi connectivity index (χ4v) is 8.15. The smallest absolute Gasteiger partial charge is 0.410 e. The molecule has 45 heavy (non-hydrogen) atoms. The second-order valence-corrected chi connectivity index (χ2v) is 14.6. The van der Waals surface area contributed by atoms with Crippen molar-refractivity contribution in [2.75, 3.05) is 56.2 Å². The van der Waals surface area contributed by atoms with Crippen LogP contribution in [-0.4, -0.2) is 89.4 Å². The van der Waals surface area contributed by atoms with E-state index < -0.39 is 5.60 Å². The first-order valence-corrected chi connectivity index (χ1v) is 16.9. The summed E-state index contributed by atoms with van der Waals surface area (Å²) in [5, 5.41) is 2.96. The first kappa shape index (κ1) is 30.4. The Morgan fingerprint density at radius 1 is 1.07 bits per heavy atom. The molecule has 0 unspecified atom stereocenters. The molecule has 3 fully saturated rings. The third kappa shape index (κ3) is 5.89. The Balaban J connectivity index is 1.19. The highest BCUT2D eigenvalue weighted by atomic mass is 35.5. The van der Waals surface area contributed by atoms with Gasteiger partial charge >= 0.3 is 12.1 Å². The van der Waals surface area contributed by atoms with Crippen molar-refractivity contribution in [2.45, 2.75) is 83.0 Å². The quantitative estimate of drug-likeness (QED) is 0.314. The third-order valence-corrected chi connectivity index (χ3v) is 10.5. The highest BCUT2D eigenvalue weighted by molar-refractivity contribution is 6.36. The number of hydrogen-bond donors (Lipinski definition) is 0. The molecule has 0 saturated carbocycles. The Morgan fingerprint density at radius 3 is 2.58 bits per heavy atom. The summed E-state index contributed by atoms with van der Waals surface area (Å²) in [7, 11) is 2.10. The number of aromatic nitrogens is 2. The van der Waals surface area contributed by atoms with Gasteiger partial charge in [0.1, 0.15) is 18.0 Å². The van der Waals surface area contributed by atoms with E-state index in [2.05, 4.69) is 46.0 Å². The molecule has 1 amide bonds. The van der Waals surface area contributed by atoms with E-state index >= 15 is 0 Å². The summed E-state index contributed by atoms with van der Waals surface area (Å²) in [4.78, 5) is 32.1. The molecule has 3 aromatic rings. The van der Waals surface area contributed by atoms with Crippen molar-refractivity contribution < 1.29 is 14.3 Å². The van der Waals surface area contributed by atoms with Crippen LogP contribution in [0, 0.1) is 0 Å². The molecule has 5 heterocycles. The molecular weight excluding hydrogens is 588 g/mol. The summed E-state index contributed by atoms with van der Waals surface area (Å²) >= 11 is 6.74. The van der Waals surface area contributed by atoms with Crippen LogP contribution in [0.3, 0.4) is 0 Å². The van der Waals surface area contributed by atoms with E-state index in [9.17, 15) is 4.79 Å². The van der Waals surface area contributed by atoms with Crippen LogP contribution in [-0.2, 0) is 17.7 Å². The van der Waals surface area contributed by atoms with Crippen LogP contribution in [0.4, 0.5) is 16.3 Å². The van der Waals surface area contributed by atoms with Gasteiger partial charge in [-0.15, -0.1) is 0 Å². The Bertz CT molecular complexity index is 1580. The van der Waals surface area contributed by atoms with E-state index in [4.69, 9.17) is 31.0 Å². The summed E-state index contributed by atoms with van der Waals surface area (Å²) in [5.41, 5.74) is 2.86. The average molecular weight is 633 g/mol. The molecule has 10 heteroatoms. The number of nitrogens with zero attached hydrogens (tertiary/aromatic N) is 6. The Kier molecular flexibility index (Phi) is 7.97. The maximum Gasteiger partial charge on any atom is 0.410 e. The van der Waals surface area contributed by atoms with Gasteiger partial charge in [0.2, 0.25) is 0 Å². The summed E-state index contributed by atoms with van der Waals surface area (Å²) in [5.74, 6) is 0.911. The fraction of sp³-hybridized carbons (Fsp3) is 0.571. The monoisotopic (exact) mass is 632 g/mol. The minimum atomic E-state index is -0.521. The van der Waals surface area contributed by atoms with Crippen molar-refractivity contribution in [1.82, 2.24) is 19.8 Å². The molecule has 7 rings (SSSR count). The molecule has 0 N–H and O–H groups in total. The Morgan fingerprint density at radius 2 is 1.82 bits per heavy atom. The fourth-order valence-electron chi connectivity index (χ4n) is 7.87. The number of likely N-dealkylation sites (tertiary alicyclic amines) is 1. The largest absolute Gasteiger partial charge is 0.461 e. The molecule has 1 atom stereocenters. The molecule has 0 bridgehead atoms. The van der Waals surface area contributed by atoms with Crippen LogP contribution in [0.25, 0.3) is 10.8 Å². The molecule has 4 aliphatic rings. The number of amides is 1. The van der Waals surface area contributed by atoms with Crippen LogP contribution in [0.15, 0.2) is 36.4 Å². The predicted octanol–water partition coefficient (Wildman–Crippen LogP) is 6.30. The number of fused-ring (bicyclic) bond motifs is 3. The molecular formula is C35H45ClN6O3. The number of ether oxygens (including phenoxy) is 2. The van der Waals surface area contributed by atoms with Gasteiger partial charge in [-0.1, -0.05) is 35.9 Å². The van der Waals surface area contributed by atoms with Gasteiger partial charge in [-0.3, -0.25) is 4.90 Å². The molecule has 240 valence electrons. The predicted molar refractivity (Wildman–Crippen MR) is 179 cm³/mol. The van der Waals surface area contributed by atoms with Crippen LogP contribution in [0.5, 0.6) is 6.01 Å². The highest BCUT2D eigenvalue weighted by Crippen LogP contribution is 2.40. The van der Waals surface area contributed by atoms with Crippen molar-refractivity contribution in [3.05, 3.63) is 52.7 Å². The number of halogens is 1. The van der Waals surface area contributed by atoms with Gasteiger partial charge in [-0.2, -0.15) is 9.97 Å². The van der Waals surface area contributed by atoms with E-state index in [-0.39, 0.29) is 17.7 Å². The molecule has 2 aromatic carbocycles. The topological polar surface area (TPSA) is 74.3 Å².